The molecule has 3 N–H and O–H groups in total. The number of hydrogen-bond donors (Lipinski definition) is 3. The molecule has 0 saturated carbocycles. The topological polar surface area (TPSA) is 146 Å². The molecule has 6 aromatic rings. The summed E-state index contributed by atoms with van der Waals surface area (Å²) in [5.41, 5.74) is 6.39. The number of aryl methyl sites for hydroxylation is 2. The van der Waals surface area contributed by atoms with Gasteiger partial charge in [0, 0.05) is 48.8 Å². The molecule has 0 atom stereocenters. The van der Waals surface area contributed by atoms with Crippen LogP contribution in [-0.4, -0.2) is 32.6 Å². The van der Waals surface area contributed by atoms with Gasteiger partial charge in [0.1, 0.15) is 17.2 Å². The normalized spacial score (nSPS) is 13.6. The number of benzene rings is 4. The minimum atomic E-state index is -0.653. The van der Waals surface area contributed by atoms with Crippen molar-refractivity contribution < 1.29 is 36.0 Å². The summed E-state index contributed by atoms with van der Waals surface area (Å²) in [5.74, 6) is -1.93. The van der Waals surface area contributed by atoms with E-state index in [-0.39, 0.29) is 50.1 Å². The third kappa shape index (κ3) is 6.38. The first-order chi connectivity index (χ1) is 24.7. The van der Waals surface area contributed by atoms with Crippen molar-refractivity contribution in [1.29, 1.82) is 0 Å². The van der Waals surface area contributed by atoms with Gasteiger partial charge in [0.05, 0.1) is 11.1 Å². The van der Waals surface area contributed by atoms with E-state index in [2.05, 4.69) is 25.6 Å². The number of fused-ring (bicyclic) bond motifs is 2. The van der Waals surface area contributed by atoms with Crippen molar-refractivity contribution in [2.75, 3.05) is 5.43 Å². The summed E-state index contributed by atoms with van der Waals surface area (Å²) in [5, 5.41) is 23.4. The second-order valence-electron chi connectivity index (χ2n) is 12.0. The van der Waals surface area contributed by atoms with Crippen molar-refractivity contribution in [2.45, 2.75) is 33.4 Å². The number of azo groups is 1. The number of carbonyl (C=O) groups excluding carboxylic acids is 3. The quantitative estimate of drug-likeness (QED) is 0.0760. The Kier molecular flexibility index (Phi) is 9.50. The first kappa shape index (κ1) is 34.8. The maximum absolute atomic E-state index is 13.9. The van der Waals surface area contributed by atoms with Crippen LogP contribution in [0.2, 0.25) is 0 Å². The Hall–Kier alpha value is -5.62. The number of H-pyrrole nitrogens is 2. The molecule has 0 radical (unpaired) electrons. The summed E-state index contributed by atoms with van der Waals surface area (Å²) in [4.78, 5) is 50.7. The molecular weight excluding hydrogens is 739 g/mol. The number of hydrogen-bond acceptors (Lipinski definition) is 9. The van der Waals surface area contributed by atoms with Crippen molar-refractivity contribution in [3.63, 3.8) is 0 Å². The van der Waals surface area contributed by atoms with Gasteiger partial charge >= 0.3 is 16.5 Å². The summed E-state index contributed by atoms with van der Waals surface area (Å²) < 4.78 is 0. The van der Waals surface area contributed by atoms with E-state index in [9.17, 15) is 19.5 Å². The molecule has 3 heterocycles. The summed E-state index contributed by atoms with van der Waals surface area (Å²) in [7, 11) is 0. The van der Waals surface area contributed by atoms with E-state index in [4.69, 9.17) is 0 Å². The zero-order chi connectivity index (χ0) is 35.2. The molecule has 10 nitrogen and oxygen atoms in total. The predicted octanol–water partition coefficient (Wildman–Crippen LogP) is 8.56. The molecule has 0 bridgehead atoms. The number of aromatic nitrogens is 2. The summed E-state index contributed by atoms with van der Waals surface area (Å²) in [6.07, 6.45) is 3.37. The number of Topliss-reactive ketones (excluding diaryl/α,β-unsaturated/α-hetero) is 1. The molecule has 4 aromatic carbocycles. The van der Waals surface area contributed by atoms with Crippen LogP contribution in [0.3, 0.4) is 0 Å². The number of amides is 2. The molecule has 0 unspecified atom stereocenters. The summed E-state index contributed by atoms with van der Waals surface area (Å²) in [6, 6.07) is 29.9. The number of imide groups is 1. The van der Waals surface area contributed by atoms with Crippen LogP contribution in [0.4, 0.5) is 11.5 Å². The van der Waals surface area contributed by atoms with Crippen LogP contribution in [0.25, 0.3) is 17.0 Å². The van der Waals surface area contributed by atoms with E-state index < -0.39 is 23.4 Å². The van der Waals surface area contributed by atoms with Crippen LogP contribution in [0.5, 0.6) is 0 Å². The fourth-order valence-corrected chi connectivity index (χ4v) is 7.84. The second kappa shape index (κ2) is 14.2. The fourth-order valence-electron chi connectivity index (χ4n) is 5.86. The number of allylic oxidation sites excluding steroid dienone is 1. The minimum absolute atomic E-state index is 0. The number of anilines is 1. The Morgan fingerprint density at radius 2 is 1.27 bits per heavy atom. The molecule has 13 heteroatoms. The van der Waals surface area contributed by atoms with Crippen molar-refractivity contribution in [1.82, 2.24) is 15.0 Å². The van der Waals surface area contributed by atoms with E-state index in [1.54, 1.807) is 60.9 Å². The van der Waals surface area contributed by atoms with E-state index in [1.165, 1.54) is 23.5 Å². The van der Waals surface area contributed by atoms with Gasteiger partial charge in [-0.05, 0) is 92.2 Å². The van der Waals surface area contributed by atoms with Crippen LogP contribution < -0.4 is 10.5 Å². The van der Waals surface area contributed by atoms with E-state index in [0.717, 1.165) is 35.7 Å². The Balaban J connectivity index is 0.00000420. The third-order valence-corrected chi connectivity index (χ3v) is 10.8. The van der Waals surface area contributed by atoms with Crippen LogP contribution in [0, 0.1) is 13.8 Å². The van der Waals surface area contributed by atoms with E-state index >= 15 is 0 Å². The molecule has 258 valence electrons. The molecule has 1 aliphatic heterocycles. The SMILES string of the molecule is Cc1ccc(Sc2cc3c(cc2Sc2ccc(C)cc2)C([O-])=C(N=Nc2c(-c4ccc[nH]4)ccc4c2C(=O)N(Nc2ccc[nH]2)C4=O)C3=O)cc1.[Ni+2]. The monoisotopic (exact) mass is 765 g/mol. The average Bonchev–Trinajstić information content (AvgIpc) is 3.94. The van der Waals surface area contributed by atoms with E-state index in [0.29, 0.717) is 17.1 Å². The number of ketones is 1. The zero-order valence-corrected chi connectivity index (χ0v) is 30.1. The molecule has 2 amide bonds. The van der Waals surface area contributed by atoms with Crippen molar-refractivity contribution in [2.24, 2.45) is 10.2 Å². The molecule has 2 aliphatic rings. The predicted molar refractivity (Wildman–Crippen MR) is 194 cm³/mol. The zero-order valence-electron chi connectivity index (χ0n) is 27.5. The Morgan fingerprint density at radius 1 is 0.673 bits per heavy atom. The Bertz CT molecular complexity index is 2420. The van der Waals surface area contributed by atoms with Crippen molar-refractivity contribution in [3.05, 3.63) is 149 Å². The molecular formula is C39H27N6NiO4S2+. The van der Waals surface area contributed by atoms with Crippen LogP contribution in [0.1, 0.15) is 47.8 Å². The van der Waals surface area contributed by atoms with Gasteiger partial charge in [-0.25, -0.2) is 0 Å². The van der Waals surface area contributed by atoms with Gasteiger partial charge in [0.25, 0.3) is 11.8 Å². The number of nitrogens with zero attached hydrogens (tertiary/aromatic N) is 3. The third-order valence-electron chi connectivity index (χ3n) is 8.50. The summed E-state index contributed by atoms with van der Waals surface area (Å²) in [6.45, 7) is 4.04. The van der Waals surface area contributed by atoms with Crippen LogP contribution in [-0.2, 0) is 16.5 Å². The molecule has 0 spiro atoms. The van der Waals surface area contributed by atoms with Gasteiger partial charge in [-0.15, -0.1) is 10.2 Å². The molecule has 52 heavy (non-hydrogen) atoms. The summed E-state index contributed by atoms with van der Waals surface area (Å²) >= 11 is 3.02. The standard InChI is InChI=1S/C39H28N6O4S2.Ni/c1-21-7-11-23(12-8-21)50-30-19-27-28(20-31(30)51-24-13-9-22(2)10-14-24)37(47)35(36(27)46)43-42-34-25(29-5-3-17-40-29)15-16-26-33(34)39(49)45(38(26)48)44-32-6-4-18-41-32;/h3-20,40-41,44,46H,1-2H3;/q;+2/p-1. The number of nitrogens with one attached hydrogen (secondary N) is 3. The van der Waals surface area contributed by atoms with Gasteiger partial charge < -0.3 is 15.1 Å². The van der Waals surface area contributed by atoms with Crippen LogP contribution in [0.15, 0.2) is 145 Å². The smallest absolute Gasteiger partial charge is 0.870 e. The fraction of sp³-hybridized carbons (Fsp3) is 0.0513. The minimum Gasteiger partial charge on any atom is -0.870 e. The van der Waals surface area contributed by atoms with Gasteiger partial charge in [0.15, 0.2) is 0 Å². The van der Waals surface area contributed by atoms with Crippen LogP contribution >= 0.6 is 23.5 Å². The Labute approximate surface area is 316 Å². The second-order valence-corrected chi connectivity index (χ2v) is 14.2. The maximum atomic E-state index is 13.9. The Morgan fingerprint density at radius 3 is 1.87 bits per heavy atom. The van der Waals surface area contributed by atoms with Crippen molar-refractivity contribution >= 4 is 58.4 Å². The average molecular weight is 767 g/mol. The molecule has 2 aromatic heterocycles. The van der Waals surface area contributed by atoms with Gasteiger partial charge in [0.2, 0.25) is 5.78 Å². The van der Waals surface area contributed by atoms with Gasteiger partial charge in [-0.3, -0.25) is 19.8 Å². The molecule has 0 saturated heterocycles. The van der Waals surface area contributed by atoms with E-state index in [1.807, 2.05) is 62.4 Å². The van der Waals surface area contributed by atoms with Crippen molar-refractivity contribution in [3.8, 4) is 11.3 Å². The molecule has 1 aliphatic carbocycles. The number of carbonyl (C=O) groups is 3. The maximum Gasteiger partial charge on any atom is 2.00 e. The first-order valence-electron chi connectivity index (χ1n) is 15.9. The number of hydrazine groups is 1. The van der Waals surface area contributed by atoms with Gasteiger partial charge in [-0.1, -0.05) is 64.7 Å². The number of aromatic amines is 2. The van der Waals surface area contributed by atoms with Gasteiger partial charge in [-0.2, -0.15) is 5.01 Å². The molecule has 0 fully saturated rings. The first-order valence-corrected chi connectivity index (χ1v) is 17.5. The number of rotatable bonds is 9. The molecule has 8 rings (SSSR count). The largest absolute Gasteiger partial charge is 2.00 e.